The summed E-state index contributed by atoms with van der Waals surface area (Å²) in [6.07, 6.45) is 2.67. The van der Waals surface area contributed by atoms with Crippen LogP contribution in [-0.2, 0) is 10.8 Å². The predicted octanol–water partition coefficient (Wildman–Crippen LogP) is 2.57. The fourth-order valence-corrected chi connectivity index (χ4v) is 2.54. The summed E-state index contributed by atoms with van der Waals surface area (Å²) in [5.41, 5.74) is 0. The molecule has 2 unspecified atom stereocenters. The molecule has 5 heteroatoms. The van der Waals surface area contributed by atoms with Crippen molar-refractivity contribution >= 4 is 26.7 Å². The third kappa shape index (κ3) is 7.13. The lowest BCUT2D eigenvalue weighted by Gasteiger charge is -2.13. The molecule has 2 atom stereocenters. The first-order chi connectivity index (χ1) is 8.58. The molecule has 0 heterocycles. The minimum atomic E-state index is -0.702. The van der Waals surface area contributed by atoms with E-state index in [-0.39, 0.29) is 0 Å². The summed E-state index contributed by atoms with van der Waals surface area (Å²) in [6.45, 7) is 3.53. The van der Waals surface area contributed by atoms with Crippen LogP contribution in [0.4, 0.5) is 0 Å². The van der Waals surface area contributed by atoms with Gasteiger partial charge in [0.15, 0.2) is 0 Å². The summed E-state index contributed by atoms with van der Waals surface area (Å²) in [5.74, 6) is 1.62. The molecule has 0 saturated carbocycles. The van der Waals surface area contributed by atoms with Crippen LogP contribution in [0.25, 0.3) is 0 Å². The third-order valence-electron chi connectivity index (χ3n) is 2.50. The molecule has 1 N–H and O–H groups in total. The average molecular weight is 334 g/mol. The molecule has 0 bridgehead atoms. The zero-order valence-corrected chi connectivity index (χ0v) is 13.2. The second kappa shape index (κ2) is 8.67. The van der Waals surface area contributed by atoms with E-state index in [0.29, 0.717) is 12.6 Å². The fourth-order valence-electron chi connectivity index (χ4n) is 1.48. The summed E-state index contributed by atoms with van der Waals surface area (Å²) in [7, 11) is -0.702. The van der Waals surface area contributed by atoms with Crippen molar-refractivity contribution in [3.8, 4) is 5.75 Å². The van der Waals surface area contributed by atoms with Gasteiger partial charge in [0.1, 0.15) is 12.4 Å². The lowest BCUT2D eigenvalue weighted by Crippen LogP contribution is -2.31. The van der Waals surface area contributed by atoms with Crippen LogP contribution in [0.1, 0.15) is 13.3 Å². The second-order valence-electron chi connectivity index (χ2n) is 4.23. The van der Waals surface area contributed by atoms with Gasteiger partial charge in [-0.3, -0.25) is 4.21 Å². The van der Waals surface area contributed by atoms with Gasteiger partial charge in [0, 0.05) is 39.9 Å². The molecule has 1 rings (SSSR count). The van der Waals surface area contributed by atoms with E-state index in [1.807, 2.05) is 24.3 Å². The minimum absolute atomic E-state index is 0.375. The van der Waals surface area contributed by atoms with E-state index in [1.54, 1.807) is 6.26 Å². The Morgan fingerprint density at radius 2 is 2.28 bits per heavy atom. The Hall–Kier alpha value is -0.390. The topological polar surface area (TPSA) is 38.3 Å². The van der Waals surface area contributed by atoms with Gasteiger partial charge >= 0.3 is 0 Å². The predicted molar refractivity (Wildman–Crippen MR) is 80.7 cm³/mol. The Morgan fingerprint density at radius 1 is 1.50 bits per heavy atom. The first-order valence-corrected chi connectivity index (χ1v) is 8.51. The number of rotatable bonds is 8. The Kier molecular flexibility index (Phi) is 7.54. The third-order valence-corrected chi connectivity index (χ3v) is 3.80. The summed E-state index contributed by atoms with van der Waals surface area (Å²) in [5, 5.41) is 3.35. The van der Waals surface area contributed by atoms with Crippen molar-refractivity contribution in [1.82, 2.24) is 5.32 Å². The molecular formula is C13H20BrNO2S. The van der Waals surface area contributed by atoms with Gasteiger partial charge in [0.05, 0.1) is 0 Å². The maximum Gasteiger partial charge on any atom is 0.120 e. The van der Waals surface area contributed by atoms with Crippen molar-refractivity contribution in [1.29, 1.82) is 0 Å². The van der Waals surface area contributed by atoms with Crippen molar-refractivity contribution in [3.05, 3.63) is 28.7 Å². The lowest BCUT2D eigenvalue weighted by atomic mass is 10.2. The molecule has 0 aliphatic carbocycles. The standard InChI is InChI=1S/C13H20BrNO2S/c1-11(6-9-18(2)16)15-7-8-17-13-5-3-4-12(14)10-13/h3-5,10-11,15H,6-9H2,1-2H3. The largest absolute Gasteiger partial charge is 0.492 e. The van der Waals surface area contributed by atoms with Crippen LogP contribution in [0, 0.1) is 0 Å². The Bertz CT molecular complexity index is 387. The van der Waals surface area contributed by atoms with Gasteiger partial charge in [0.2, 0.25) is 0 Å². The van der Waals surface area contributed by atoms with Crippen LogP contribution in [0.15, 0.2) is 28.7 Å². The zero-order valence-electron chi connectivity index (χ0n) is 10.8. The summed E-state index contributed by atoms with van der Waals surface area (Å²) >= 11 is 3.40. The van der Waals surface area contributed by atoms with Crippen LogP contribution in [-0.4, -0.2) is 35.4 Å². The van der Waals surface area contributed by atoms with Crippen LogP contribution in [0.5, 0.6) is 5.75 Å². The highest BCUT2D eigenvalue weighted by molar-refractivity contribution is 9.10. The maximum absolute atomic E-state index is 10.9. The molecule has 18 heavy (non-hydrogen) atoms. The lowest BCUT2D eigenvalue weighted by molar-refractivity contribution is 0.306. The molecular weight excluding hydrogens is 314 g/mol. The number of benzene rings is 1. The van der Waals surface area contributed by atoms with Gasteiger partial charge in [-0.2, -0.15) is 0 Å². The normalized spacial score (nSPS) is 14.2. The Balaban J connectivity index is 2.13. The van der Waals surface area contributed by atoms with Gasteiger partial charge in [0.25, 0.3) is 0 Å². The molecule has 0 amide bonds. The molecule has 1 aromatic rings. The number of ether oxygens (including phenoxy) is 1. The first kappa shape index (κ1) is 15.7. The van der Waals surface area contributed by atoms with Crippen molar-refractivity contribution in [2.75, 3.05) is 25.2 Å². The van der Waals surface area contributed by atoms with Gasteiger partial charge < -0.3 is 10.1 Å². The molecule has 102 valence electrons. The van der Waals surface area contributed by atoms with E-state index >= 15 is 0 Å². The highest BCUT2D eigenvalue weighted by Gasteiger charge is 2.02. The summed E-state index contributed by atoms with van der Waals surface area (Å²) in [4.78, 5) is 0. The van der Waals surface area contributed by atoms with E-state index in [4.69, 9.17) is 4.74 Å². The van der Waals surface area contributed by atoms with Crippen LogP contribution >= 0.6 is 15.9 Å². The number of nitrogens with one attached hydrogen (secondary N) is 1. The van der Waals surface area contributed by atoms with Crippen LogP contribution in [0.2, 0.25) is 0 Å². The van der Waals surface area contributed by atoms with Crippen molar-refractivity contribution in [2.45, 2.75) is 19.4 Å². The van der Waals surface area contributed by atoms with Gasteiger partial charge in [-0.1, -0.05) is 22.0 Å². The molecule has 0 aliphatic rings. The molecule has 0 saturated heterocycles. The van der Waals surface area contributed by atoms with Gasteiger partial charge in [-0.15, -0.1) is 0 Å². The number of hydrogen-bond donors (Lipinski definition) is 1. The first-order valence-electron chi connectivity index (χ1n) is 5.99. The maximum atomic E-state index is 10.9. The molecule has 3 nitrogen and oxygen atoms in total. The highest BCUT2D eigenvalue weighted by Crippen LogP contribution is 2.17. The zero-order chi connectivity index (χ0) is 13.4. The molecule has 0 aromatic heterocycles. The summed E-state index contributed by atoms with van der Waals surface area (Å²) in [6, 6.07) is 8.18. The number of halogens is 1. The molecule has 0 fully saturated rings. The smallest absolute Gasteiger partial charge is 0.120 e. The van der Waals surface area contributed by atoms with E-state index in [2.05, 4.69) is 28.2 Å². The Morgan fingerprint density at radius 3 is 2.94 bits per heavy atom. The molecule has 0 aliphatic heterocycles. The average Bonchev–Trinajstić information content (AvgIpc) is 2.32. The van der Waals surface area contributed by atoms with Gasteiger partial charge in [-0.05, 0) is 31.5 Å². The molecule has 0 radical (unpaired) electrons. The van der Waals surface area contributed by atoms with Crippen LogP contribution in [0.3, 0.4) is 0 Å². The van der Waals surface area contributed by atoms with E-state index in [0.717, 1.165) is 28.9 Å². The monoisotopic (exact) mass is 333 g/mol. The highest BCUT2D eigenvalue weighted by atomic mass is 79.9. The van der Waals surface area contributed by atoms with E-state index in [9.17, 15) is 4.21 Å². The molecule has 1 aromatic carbocycles. The van der Waals surface area contributed by atoms with E-state index < -0.39 is 10.8 Å². The van der Waals surface area contributed by atoms with Crippen molar-refractivity contribution in [2.24, 2.45) is 0 Å². The number of hydrogen-bond acceptors (Lipinski definition) is 3. The van der Waals surface area contributed by atoms with Crippen LogP contribution < -0.4 is 10.1 Å². The second-order valence-corrected chi connectivity index (χ2v) is 6.70. The van der Waals surface area contributed by atoms with Crippen molar-refractivity contribution < 1.29 is 8.95 Å². The van der Waals surface area contributed by atoms with Crippen molar-refractivity contribution in [3.63, 3.8) is 0 Å². The quantitative estimate of drug-likeness (QED) is 0.743. The SMILES string of the molecule is CC(CCS(C)=O)NCCOc1cccc(Br)c1. The molecule has 0 spiro atoms. The van der Waals surface area contributed by atoms with Gasteiger partial charge in [-0.25, -0.2) is 0 Å². The Labute approximate surface area is 120 Å². The van der Waals surface area contributed by atoms with E-state index in [1.165, 1.54) is 0 Å². The fraction of sp³-hybridized carbons (Fsp3) is 0.538. The minimum Gasteiger partial charge on any atom is -0.492 e. The summed E-state index contributed by atoms with van der Waals surface area (Å²) < 4.78 is 17.6.